The van der Waals surface area contributed by atoms with E-state index in [9.17, 15) is 4.79 Å². The van der Waals surface area contributed by atoms with Gasteiger partial charge < -0.3 is 4.74 Å². The van der Waals surface area contributed by atoms with Crippen LogP contribution in [0, 0.1) is 6.92 Å². The minimum Gasteiger partial charge on any atom is -0.488 e. The third-order valence-corrected chi connectivity index (χ3v) is 4.72. The van der Waals surface area contributed by atoms with Crippen LogP contribution in [0.15, 0.2) is 71.7 Å². The van der Waals surface area contributed by atoms with Gasteiger partial charge in [-0.1, -0.05) is 60.7 Å². The molecule has 0 bridgehead atoms. The number of nitrogens with zero attached hydrogens (tertiary/aromatic N) is 1. The third kappa shape index (κ3) is 2.62. The van der Waals surface area contributed by atoms with Gasteiger partial charge in [0.15, 0.2) is 5.78 Å². The average Bonchev–Trinajstić information content (AvgIpc) is 2.68. The fraction of sp³-hybridized carbons (Fsp3) is 0.130. The molecule has 0 N–H and O–H groups in total. The Bertz CT molecular complexity index is 1020. The molecule has 0 amide bonds. The van der Waals surface area contributed by atoms with Crippen LogP contribution in [0.25, 0.3) is 0 Å². The molecule has 0 heterocycles. The molecular formula is C23H19NO2. The SMILES string of the molecule is CN=C1c2cccc(OCc3ccccc3)c2C(=O)c2cccc(C)c21. The maximum absolute atomic E-state index is 13.2. The molecule has 0 aromatic heterocycles. The number of carbonyl (C=O) groups is 1. The Morgan fingerprint density at radius 1 is 0.846 bits per heavy atom. The first-order chi connectivity index (χ1) is 12.7. The summed E-state index contributed by atoms with van der Waals surface area (Å²) >= 11 is 0. The lowest BCUT2D eigenvalue weighted by molar-refractivity contribution is 0.103. The minimum atomic E-state index is -0.00485. The van der Waals surface area contributed by atoms with Gasteiger partial charge in [-0.25, -0.2) is 0 Å². The minimum absolute atomic E-state index is 0.00485. The molecule has 3 aromatic rings. The van der Waals surface area contributed by atoms with Crippen LogP contribution in [0.3, 0.4) is 0 Å². The monoisotopic (exact) mass is 341 g/mol. The molecule has 1 aliphatic rings. The molecular weight excluding hydrogens is 322 g/mol. The summed E-state index contributed by atoms with van der Waals surface area (Å²) in [5, 5.41) is 0. The molecule has 0 atom stereocenters. The first-order valence-corrected chi connectivity index (χ1v) is 8.62. The summed E-state index contributed by atoms with van der Waals surface area (Å²) in [6, 6.07) is 21.5. The second-order valence-corrected chi connectivity index (χ2v) is 6.35. The van der Waals surface area contributed by atoms with Crippen LogP contribution >= 0.6 is 0 Å². The second-order valence-electron chi connectivity index (χ2n) is 6.35. The molecule has 128 valence electrons. The third-order valence-electron chi connectivity index (χ3n) is 4.72. The summed E-state index contributed by atoms with van der Waals surface area (Å²) in [6.45, 7) is 2.43. The lowest BCUT2D eigenvalue weighted by atomic mass is 9.81. The van der Waals surface area contributed by atoms with E-state index in [0.717, 1.165) is 28.0 Å². The van der Waals surface area contributed by atoms with Crippen molar-refractivity contribution in [2.45, 2.75) is 13.5 Å². The zero-order chi connectivity index (χ0) is 18.1. The van der Waals surface area contributed by atoms with Crippen molar-refractivity contribution in [1.82, 2.24) is 0 Å². The number of carbonyl (C=O) groups excluding carboxylic acids is 1. The lowest BCUT2D eigenvalue weighted by Crippen LogP contribution is -2.23. The van der Waals surface area contributed by atoms with Gasteiger partial charge in [-0.15, -0.1) is 0 Å². The number of rotatable bonds is 3. The van der Waals surface area contributed by atoms with Gasteiger partial charge in [0, 0.05) is 23.7 Å². The van der Waals surface area contributed by atoms with E-state index in [-0.39, 0.29) is 5.78 Å². The standard InChI is InChI=1S/C23H19NO2/c1-15-8-6-12-18-20(15)22(24-2)17-11-7-13-19(21(17)23(18)25)26-14-16-9-4-3-5-10-16/h3-13H,14H2,1-2H3. The fourth-order valence-corrected chi connectivity index (χ4v) is 3.49. The molecule has 0 aliphatic heterocycles. The molecule has 3 nitrogen and oxygen atoms in total. The summed E-state index contributed by atoms with van der Waals surface area (Å²) < 4.78 is 6.02. The van der Waals surface area contributed by atoms with Crippen molar-refractivity contribution in [3.8, 4) is 5.75 Å². The molecule has 4 rings (SSSR count). The highest BCUT2D eigenvalue weighted by Gasteiger charge is 2.31. The first kappa shape index (κ1) is 16.3. The van der Waals surface area contributed by atoms with Gasteiger partial charge in [-0.2, -0.15) is 0 Å². The van der Waals surface area contributed by atoms with E-state index in [4.69, 9.17) is 4.74 Å². The zero-order valence-electron chi connectivity index (χ0n) is 14.8. The van der Waals surface area contributed by atoms with Gasteiger partial charge in [0.05, 0.1) is 11.3 Å². The maximum atomic E-state index is 13.2. The first-order valence-electron chi connectivity index (χ1n) is 8.62. The number of fused-ring (bicyclic) bond motifs is 2. The number of ether oxygens (including phenoxy) is 1. The van der Waals surface area contributed by atoms with Gasteiger partial charge in [0.25, 0.3) is 0 Å². The maximum Gasteiger partial charge on any atom is 0.198 e. The molecule has 0 spiro atoms. The largest absolute Gasteiger partial charge is 0.488 e. The number of benzene rings is 3. The molecule has 0 unspecified atom stereocenters. The number of hydrogen-bond acceptors (Lipinski definition) is 3. The van der Waals surface area contributed by atoms with Crippen LogP contribution in [-0.2, 0) is 6.61 Å². The molecule has 0 saturated heterocycles. The Labute approximate surface area is 153 Å². The van der Waals surface area contributed by atoms with E-state index in [1.54, 1.807) is 7.05 Å². The predicted octanol–water partition coefficient (Wildman–Crippen LogP) is 4.59. The van der Waals surface area contributed by atoms with Crippen molar-refractivity contribution < 1.29 is 9.53 Å². The smallest absolute Gasteiger partial charge is 0.198 e. The highest BCUT2D eigenvalue weighted by atomic mass is 16.5. The summed E-state index contributed by atoms with van der Waals surface area (Å²) in [7, 11) is 1.77. The Kier molecular flexibility index (Phi) is 4.13. The van der Waals surface area contributed by atoms with Crippen LogP contribution < -0.4 is 4.74 Å². The Morgan fingerprint density at radius 2 is 1.58 bits per heavy atom. The second kappa shape index (κ2) is 6.60. The van der Waals surface area contributed by atoms with E-state index >= 15 is 0 Å². The molecule has 0 saturated carbocycles. The number of aryl methyl sites for hydroxylation is 1. The van der Waals surface area contributed by atoms with E-state index < -0.39 is 0 Å². The van der Waals surface area contributed by atoms with Gasteiger partial charge in [-0.05, 0) is 24.1 Å². The highest BCUT2D eigenvalue weighted by Crippen LogP contribution is 2.35. The number of aliphatic imine (C=N–C) groups is 1. The summed E-state index contributed by atoms with van der Waals surface area (Å²) in [5.74, 6) is 0.597. The van der Waals surface area contributed by atoms with Crippen molar-refractivity contribution in [1.29, 1.82) is 0 Å². The molecule has 26 heavy (non-hydrogen) atoms. The van der Waals surface area contributed by atoms with Crippen LogP contribution in [0.4, 0.5) is 0 Å². The van der Waals surface area contributed by atoms with Crippen LogP contribution in [0.5, 0.6) is 5.75 Å². The van der Waals surface area contributed by atoms with Crippen molar-refractivity contribution in [2.24, 2.45) is 4.99 Å². The quantitative estimate of drug-likeness (QED) is 0.547. The van der Waals surface area contributed by atoms with Gasteiger partial charge in [0.1, 0.15) is 12.4 Å². The van der Waals surface area contributed by atoms with Gasteiger partial charge in [0.2, 0.25) is 0 Å². The van der Waals surface area contributed by atoms with Crippen LogP contribution in [0.2, 0.25) is 0 Å². The average molecular weight is 341 g/mol. The van der Waals surface area contributed by atoms with E-state index in [1.165, 1.54) is 0 Å². The van der Waals surface area contributed by atoms with E-state index in [2.05, 4.69) is 4.99 Å². The summed E-state index contributed by atoms with van der Waals surface area (Å²) in [6.07, 6.45) is 0. The molecule has 1 aliphatic carbocycles. The van der Waals surface area contributed by atoms with E-state index in [1.807, 2.05) is 73.7 Å². The van der Waals surface area contributed by atoms with Gasteiger partial charge in [-0.3, -0.25) is 9.79 Å². The Balaban J connectivity index is 1.80. The number of ketones is 1. The lowest BCUT2D eigenvalue weighted by Gasteiger charge is -2.24. The molecule has 0 fully saturated rings. The molecule has 3 heteroatoms. The Morgan fingerprint density at radius 3 is 2.35 bits per heavy atom. The predicted molar refractivity (Wildman–Crippen MR) is 103 cm³/mol. The Hall–Kier alpha value is -3.20. The normalized spacial score (nSPS) is 14.1. The van der Waals surface area contributed by atoms with Crippen molar-refractivity contribution in [3.63, 3.8) is 0 Å². The molecule has 0 radical (unpaired) electrons. The van der Waals surface area contributed by atoms with Gasteiger partial charge >= 0.3 is 0 Å². The van der Waals surface area contributed by atoms with E-state index in [0.29, 0.717) is 23.5 Å². The summed E-state index contributed by atoms with van der Waals surface area (Å²) in [4.78, 5) is 17.7. The zero-order valence-corrected chi connectivity index (χ0v) is 14.8. The summed E-state index contributed by atoms with van der Waals surface area (Å²) in [5.41, 5.74) is 6.01. The van der Waals surface area contributed by atoms with Crippen molar-refractivity contribution in [3.05, 3.63) is 100 Å². The van der Waals surface area contributed by atoms with Crippen LogP contribution in [-0.4, -0.2) is 18.5 Å². The van der Waals surface area contributed by atoms with Crippen molar-refractivity contribution in [2.75, 3.05) is 7.05 Å². The highest BCUT2D eigenvalue weighted by molar-refractivity contribution is 6.31. The van der Waals surface area contributed by atoms with Crippen molar-refractivity contribution >= 4 is 11.5 Å². The van der Waals surface area contributed by atoms with Crippen LogP contribution in [0.1, 0.15) is 38.2 Å². The number of hydrogen-bond donors (Lipinski definition) is 0. The topological polar surface area (TPSA) is 38.7 Å². The molecule has 3 aromatic carbocycles. The fourth-order valence-electron chi connectivity index (χ4n) is 3.49.